The van der Waals surface area contributed by atoms with Gasteiger partial charge in [0.05, 0.1) is 11.0 Å². The fraction of sp³-hybridized carbons (Fsp3) is 0.231. The van der Waals surface area contributed by atoms with Crippen molar-refractivity contribution in [2.24, 2.45) is 7.05 Å². The molecular weight excluding hydrogens is 414 g/mol. The highest BCUT2D eigenvalue weighted by Gasteiger charge is 2.22. The second-order valence-corrected chi connectivity index (χ2v) is 8.07. The van der Waals surface area contributed by atoms with Crippen molar-refractivity contribution in [2.75, 3.05) is 13.6 Å². The number of carbonyl (C=O) groups is 2. The lowest BCUT2D eigenvalue weighted by molar-refractivity contribution is 0.0723. The number of nitrogens with zero attached hydrogens (tertiary/aromatic N) is 4. The normalized spacial score (nSPS) is 11.8. The molecule has 0 aliphatic heterocycles. The van der Waals surface area contributed by atoms with E-state index in [4.69, 9.17) is 0 Å². The molecule has 1 N–H and O–H groups in total. The minimum atomic E-state index is -0.122. The monoisotopic (exact) mass is 441 g/mol. The van der Waals surface area contributed by atoms with E-state index in [1.54, 1.807) is 40.1 Å². The molecule has 2 aromatic heterocycles. The summed E-state index contributed by atoms with van der Waals surface area (Å²) in [6.45, 7) is 0.461. The van der Waals surface area contributed by atoms with E-state index >= 15 is 0 Å². The summed E-state index contributed by atoms with van der Waals surface area (Å²) in [5.74, 6) is -0.208. The van der Waals surface area contributed by atoms with Crippen LogP contribution in [-0.2, 0) is 13.5 Å². The third-order valence-corrected chi connectivity index (χ3v) is 5.84. The number of carbonyl (C=O) groups excluding carboxylic acids is 2. The second kappa shape index (κ2) is 10.1. The van der Waals surface area contributed by atoms with Gasteiger partial charge in [0, 0.05) is 50.8 Å². The van der Waals surface area contributed by atoms with Crippen LogP contribution in [0.15, 0.2) is 79.3 Å². The van der Waals surface area contributed by atoms with E-state index in [2.05, 4.69) is 27.4 Å². The topological polar surface area (TPSA) is 80.1 Å². The standard InChI is InChI=1S/C26H27N5O2/c1-30-16-6-9-24(30)25(32)29-13-12-21(17-19-7-4-3-5-8-19)31(2)26(33)20-10-11-22-23(18-20)28-15-14-27-22/h3-11,14-16,18,21H,12-13,17H2,1-2H3,(H,29,32)/t21-/m1/s1. The number of hydrogen-bond acceptors (Lipinski definition) is 4. The number of fused-ring (bicyclic) bond motifs is 1. The van der Waals surface area contributed by atoms with Crippen LogP contribution in [0.3, 0.4) is 0 Å². The molecule has 0 bridgehead atoms. The molecule has 2 amide bonds. The van der Waals surface area contributed by atoms with Crippen LogP contribution in [0.25, 0.3) is 11.0 Å². The van der Waals surface area contributed by atoms with Crippen molar-refractivity contribution < 1.29 is 9.59 Å². The van der Waals surface area contributed by atoms with Crippen LogP contribution in [0.5, 0.6) is 0 Å². The summed E-state index contributed by atoms with van der Waals surface area (Å²) in [4.78, 5) is 36.2. The summed E-state index contributed by atoms with van der Waals surface area (Å²) in [5, 5.41) is 2.98. The van der Waals surface area contributed by atoms with Gasteiger partial charge < -0.3 is 14.8 Å². The van der Waals surface area contributed by atoms with E-state index in [1.165, 1.54) is 0 Å². The van der Waals surface area contributed by atoms with Crippen LogP contribution in [0.1, 0.15) is 32.8 Å². The van der Waals surface area contributed by atoms with Crippen molar-refractivity contribution in [3.8, 4) is 0 Å². The summed E-state index contributed by atoms with van der Waals surface area (Å²) in [6, 6.07) is 19.0. The second-order valence-electron chi connectivity index (χ2n) is 8.07. The maximum absolute atomic E-state index is 13.3. The molecule has 168 valence electrons. The van der Waals surface area contributed by atoms with E-state index in [9.17, 15) is 9.59 Å². The van der Waals surface area contributed by atoms with Crippen LogP contribution in [0, 0.1) is 0 Å². The van der Waals surface area contributed by atoms with E-state index < -0.39 is 0 Å². The van der Waals surface area contributed by atoms with Crippen LogP contribution >= 0.6 is 0 Å². The zero-order valence-electron chi connectivity index (χ0n) is 18.8. The Morgan fingerprint density at radius 1 is 1.00 bits per heavy atom. The van der Waals surface area contributed by atoms with Gasteiger partial charge in [0.1, 0.15) is 5.69 Å². The molecule has 7 heteroatoms. The maximum Gasteiger partial charge on any atom is 0.267 e. The molecule has 0 unspecified atom stereocenters. The van der Waals surface area contributed by atoms with E-state index in [1.807, 2.05) is 50.6 Å². The zero-order chi connectivity index (χ0) is 23.2. The summed E-state index contributed by atoms with van der Waals surface area (Å²) >= 11 is 0. The van der Waals surface area contributed by atoms with Crippen LogP contribution in [0.2, 0.25) is 0 Å². The fourth-order valence-electron chi connectivity index (χ4n) is 3.92. The van der Waals surface area contributed by atoms with Gasteiger partial charge in [-0.05, 0) is 48.7 Å². The van der Waals surface area contributed by atoms with Crippen molar-refractivity contribution in [3.05, 3.63) is 96.1 Å². The highest BCUT2D eigenvalue weighted by Crippen LogP contribution is 2.17. The molecule has 0 saturated heterocycles. The van der Waals surface area contributed by atoms with Gasteiger partial charge in [-0.2, -0.15) is 0 Å². The summed E-state index contributed by atoms with van der Waals surface area (Å²) in [5.41, 5.74) is 3.75. The van der Waals surface area contributed by atoms with Gasteiger partial charge >= 0.3 is 0 Å². The number of aromatic nitrogens is 3. The molecule has 7 nitrogen and oxygen atoms in total. The molecule has 0 radical (unpaired) electrons. The quantitative estimate of drug-likeness (QED) is 0.454. The SMILES string of the molecule is CN(C(=O)c1ccc2nccnc2c1)[C@H](CCNC(=O)c1cccn1C)Cc1ccccc1. The molecule has 2 aromatic carbocycles. The highest BCUT2D eigenvalue weighted by atomic mass is 16.2. The third-order valence-electron chi connectivity index (χ3n) is 5.84. The molecule has 0 aliphatic rings. The Hall–Kier alpha value is -4.00. The molecule has 2 heterocycles. The minimum Gasteiger partial charge on any atom is -0.351 e. The number of benzene rings is 2. The number of amides is 2. The molecule has 4 aromatic rings. The Kier molecular flexibility index (Phi) is 6.78. The minimum absolute atomic E-state index is 0.0859. The lowest BCUT2D eigenvalue weighted by Gasteiger charge is -2.29. The number of aryl methyl sites for hydroxylation is 1. The summed E-state index contributed by atoms with van der Waals surface area (Å²) in [7, 11) is 3.66. The van der Waals surface area contributed by atoms with Gasteiger partial charge in [0.25, 0.3) is 11.8 Å². The Balaban J connectivity index is 1.49. The maximum atomic E-state index is 13.3. The smallest absolute Gasteiger partial charge is 0.267 e. The van der Waals surface area contributed by atoms with Crippen molar-refractivity contribution >= 4 is 22.8 Å². The summed E-state index contributed by atoms with van der Waals surface area (Å²) in [6.07, 6.45) is 6.41. The molecule has 1 atom stereocenters. The molecule has 33 heavy (non-hydrogen) atoms. The molecule has 4 rings (SSSR count). The van der Waals surface area contributed by atoms with Gasteiger partial charge in [-0.1, -0.05) is 30.3 Å². The summed E-state index contributed by atoms with van der Waals surface area (Å²) < 4.78 is 1.79. The number of hydrogen-bond donors (Lipinski definition) is 1. The van der Waals surface area contributed by atoms with Gasteiger partial charge in [0.2, 0.25) is 0 Å². The first kappa shape index (κ1) is 22.2. The average molecular weight is 442 g/mol. The number of likely N-dealkylation sites (N-methyl/N-ethyl adjacent to an activating group) is 1. The first-order chi connectivity index (χ1) is 16.0. The van der Waals surface area contributed by atoms with Crippen molar-refractivity contribution in [3.63, 3.8) is 0 Å². The lowest BCUT2D eigenvalue weighted by atomic mass is 10.0. The van der Waals surface area contributed by atoms with Crippen LogP contribution in [0.4, 0.5) is 0 Å². The number of rotatable bonds is 8. The molecule has 0 aliphatic carbocycles. The Bertz CT molecular complexity index is 1250. The first-order valence-corrected chi connectivity index (χ1v) is 10.9. The Morgan fingerprint density at radius 2 is 1.76 bits per heavy atom. The van der Waals surface area contributed by atoms with E-state index in [0.717, 1.165) is 11.1 Å². The van der Waals surface area contributed by atoms with Gasteiger partial charge in [-0.25, -0.2) is 0 Å². The molecule has 0 saturated carbocycles. The Morgan fingerprint density at radius 3 is 2.48 bits per heavy atom. The third kappa shape index (κ3) is 5.26. The number of nitrogens with one attached hydrogen (secondary N) is 1. The first-order valence-electron chi connectivity index (χ1n) is 10.9. The average Bonchev–Trinajstić information content (AvgIpc) is 3.28. The highest BCUT2D eigenvalue weighted by molar-refractivity contribution is 5.97. The predicted molar refractivity (Wildman–Crippen MR) is 128 cm³/mol. The van der Waals surface area contributed by atoms with E-state index in [-0.39, 0.29) is 17.9 Å². The van der Waals surface area contributed by atoms with Crippen molar-refractivity contribution in [2.45, 2.75) is 18.9 Å². The van der Waals surface area contributed by atoms with Gasteiger partial charge in [0.15, 0.2) is 0 Å². The zero-order valence-corrected chi connectivity index (χ0v) is 18.8. The molecule has 0 fully saturated rings. The van der Waals surface area contributed by atoms with Gasteiger partial charge in [-0.15, -0.1) is 0 Å². The van der Waals surface area contributed by atoms with Crippen molar-refractivity contribution in [1.82, 2.24) is 24.8 Å². The largest absolute Gasteiger partial charge is 0.351 e. The van der Waals surface area contributed by atoms with Crippen LogP contribution in [-0.4, -0.2) is 50.9 Å². The fourth-order valence-corrected chi connectivity index (χ4v) is 3.92. The van der Waals surface area contributed by atoms with Crippen LogP contribution < -0.4 is 5.32 Å². The molecule has 0 spiro atoms. The Labute approximate surface area is 193 Å². The van der Waals surface area contributed by atoms with Gasteiger partial charge in [-0.3, -0.25) is 19.6 Å². The predicted octanol–water partition coefficient (Wildman–Crippen LogP) is 3.47. The van der Waals surface area contributed by atoms with Crippen molar-refractivity contribution in [1.29, 1.82) is 0 Å². The lowest BCUT2D eigenvalue weighted by Crippen LogP contribution is -2.41. The van der Waals surface area contributed by atoms with E-state index in [0.29, 0.717) is 36.2 Å². The molecular formula is C26H27N5O2.